The molecular weight excluding hydrogens is 496 g/mol. The van der Waals surface area contributed by atoms with E-state index in [1.165, 1.54) is 109 Å². The second-order valence-corrected chi connectivity index (χ2v) is 11.9. The van der Waals surface area contributed by atoms with Crippen LogP contribution in [0.4, 0.5) is 0 Å². The van der Waals surface area contributed by atoms with Crippen molar-refractivity contribution in [2.45, 2.75) is 187 Å². The van der Waals surface area contributed by atoms with E-state index in [0.717, 1.165) is 51.4 Å². The number of hydrogen-bond donors (Lipinski definition) is 2. The van der Waals surface area contributed by atoms with Gasteiger partial charge in [0.1, 0.15) is 0 Å². The van der Waals surface area contributed by atoms with Crippen LogP contribution in [0, 0.1) is 5.92 Å². The van der Waals surface area contributed by atoms with Gasteiger partial charge in [-0.15, -0.1) is 0 Å². The van der Waals surface area contributed by atoms with Gasteiger partial charge >= 0.3 is 11.9 Å². The minimum Gasteiger partial charge on any atom is -0.481 e. The molecule has 0 saturated heterocycles. The summed E-state index contributed by atoms with van der Waals surface area (Å²) in [4.78, 5) is 21.4. The van der Waals surface area contributed by atoms with Gasteiger partial charge in [-0.05, 0) is 70.1 Å². The molecule has 0 fully saturated rings. The Morgan fingerprint density at radius 3 is 1.48 bits per heavy atom. The first kappa shape index (κ1) is 38.4. The van der Waals surface area contributed by atoms with Gasteiger partial charge in [0.15, 0.2) is 0 Å². The number of rotatable bonds is 31. The van der Waals surface area contributed by atoms with Gasteiger partial charge in [-0.25, -0.2) is 0 Å². The molecule has 0 radical (unpaired) electrons. The first-order valence-electron chi connectivity index (χ1n) is 17.3. The molecule has 1 unspecified atom stereocenters. The van der Waals surface area contributed by atoms with Gasteiger partial charge in [0.05, 0.1) is 0 Å². The fraction of sp³-hybridized carbons (Fsp3) is 0.833. The van der Waals surface area contributed by atoms with E-state index < -0.39 is 11.9 Å². The van der Waals surface area contributed by atoms with Gasteiger partial charge in [0, 0.05) is 12.8 Å². The van der Waals surface area contributed by atoms with Crippen LogP contribution in [0.1, 0.15) is 187 Å². The molecule has 0 rings (SSSR count). The molecule has 0 bridgehead atoms. The minimum atomic E-state index is -0.692. The summed E-state index contributed by atoms with van der Waals surface area (Å²) in [6.45, 7) is 4.56. The lowest BCUT2D eigenvalue weighted by atomic mass is 9.84. The summed E-state index contributed by atoms with van der Waals surface area (Å²) in [5.41, 5.74) is 1.70. The number of hydrogen-bond acceptors (Lipinski definition) is 2. The normalized spacial score (nSPS) is 12.8. The van der Waals surface area contributed by atoms with E-state index >= 15 is 0 Å². The van der Waals surface area contributed by atoms with Crippen LogP contribution in [0.25, 0.3) is 0 Å². The van der Waals surface area contributed by atoms with Crippen LogP contribution >= 0.6 is 0 Å². The van der Waals surface area contributed by atoms with Crippen molar-refractivity contribution in [3.05, 3.63) is 23.8 Å². The summed E-state index contributed by atoms with van der Waals surface area (Å²) in [6.07, 6.45) is 38.2. The standard InChI is InChI=1S/C36H66O4/c1-3-5-7-9-15-21-27-33(29-23-17-11-13-19-25-31-35(37)38)34(28-22-16-10-8-6-4-2)30-24-18-12-14-20-26-32-36(39)40/h11,17,27,34H,3-10,12-16,18-26,28-32H2,1-2H3,(H,37,38)(H,39,40)/b17-11+,33-27-. The molecular formula is C36H66O4. The smallest absolute Gasteiger partial charge is 0.303 e. The minimum absolute atomic E-state index is 0.279. The molecule has 0 amide bonds. The van der Waals surface area contributed by atoms with Gasteiger partial charge in [-0.1, -0.05) is 134 Å². The van der Waals surface area contributed by atoms with Crippen molar-refractivity contribution in [2.75, 3.05) is 0 Å². The second-order valence-electron chi connectivity index (χ2n) is 11.9. The molecule has 0 saturated carbocycles. The Bertz CT molecular complexity index is 637. The molecule has 0 spiro atoms. The quantitative estimate of drug-likeness (QED) is 0.0651. The van der Waals surface area contributed by atoms with Gasteiger partial charge in [-0.2, -0.15) is 0 Å². The van der Waals surface area contributed by atoms with Crippen LogP contribution in [-0.2, 0) is 9.59 Å². The predicted octanol–water partition coefficient (Wildman–Crippen LogP) is 11.8. The summed E-state index contributed by atoms with van der Waals surface area (Å²) >= 11 is 0. The molecule has 234 valence electrons. The molecule has 4 nitrogen and oxygen atoms in total. The molecule has 40 heavy (non-hydrogen) atoms. The van der Waals surface area contributed by atoms with Crippen molar-refractivity contribution in [1.82, 2.24) is 0 Å². The largest absolute Gasteiger partial charge is 0.481 e. The van der Waals surface area contributed by atoms with Crippen molar-refractivity contribution in [1.29, 1.82) is 0 Å². The SMILES string of the molecule is CCCCCCC/C=C(/CC/C=C/CCCCC(=O)O)C(CCCCCCCC)CCCCCCCCC(=O)O. The first-order chi connectivity index (χ1) is 19.5. The zero-order valence-corrected chi connectivity index (χ0v) is 26.6. The summed E-state index contributed by atoms with van der Waals surface area (Å²) in [5.74, 6) is -0.656. The highest BCUT2D eigenvalue weighted by Gasteiger charge is 2.14. The highest BCUT2D eigenvalue weighted by molar-refractivity contribution is 5.66. The third kappa shape index (κ3) is 28.0. The number of aliphatic carboxylic acids is 2. The Morgan fingerprint density at radius 2 is 0.925 bits per heavy atom. The van der Waals surface area contributed by atoms with E-state index in [0.29, 0.717) is 12.3 Å². The van der Waals surface area contributed by atoms with Crippen LogP contribution in [0.5, 0.6) is 0 Å². The Kier molecular flexibility index (Phi) is 29.2. The van der Waals surface area contributed by atoms with E-state index in [-0.39, 0.29) is 6.42 Å². The number of carboxylic acid groups (broad SMARTS) is 2. The molecule has 0 aromatic carbocycles. The van der Waals surface area contributed by atoms with Crippen molar-refractivity contribution < 1.29 is 19.8 Å². The Morgan fingerprint density at radius 1 is 0.500 bits per heavy atom. The maximum Gasteiger partial charge on any atom is 0.303 e. The van der Waals surface area contributed by atoms with E-state index in [2.05, 4.69) is 32.1 Å². The van der Waals surface area contributed by atoms with Crippen molar-refractivity contribution in [2.24, 2.45) is 5.92 Å². The van der Waals surface area contributed by atoms with E-state index in [1.54, 1.807) is 5.57 Å². The highest BCUT2D eigenvalue weighted by atomic mass is 16.4. The third-order valence-corrected chi connectivity index (χ3v) is 8.12. The topological polar surface area (TPSA) is 74.6 Å². The van der Waals surface area contributed by atoms with E-state index in [1.807, 2.05) is 0 Å². The van der Waals surface area contributed by atoms with Gasteiger partial charge < -0.3 is 10.2 Å². The number of carboxylic acids is 2. The van der Waals surface area contributed by atoms with Crippen LogP contribution in [0.3, 0.4) is 0 Å². The zero-order valence-electron chi connectivity index (χ0n) is 26.6. The molecule has 0 aromatic heterocycles. The van der Waals surface area contributed by atoms with E-state index in [9.17, 15) is 9.59 Å². The molecule has 1 atom stereocenters. The monoisotopic (exact) mass is 562 g/mol. The predicted molar refractivity (Wildman–Crippen MR) is 172 cm³/mol. The summed E-state index contributed by atoms with van der Waals surface area (Å²) in [6, 6.07) is 0. The Labute approximate surface area is 248 Å². The zero-order chi connectivity index (χ0) is 29.5. The molecule has 4 heteroatoms. The lowest BCUT2D eigenvalue weighted by molar-refractivity contribution is -0.138. The lowest BCUT2D eigenvalue weighted by Crippen LogP contribution is -2.06. The maximum atomic E-state index is 10.7. The summed E-state index contributed by atoms with van der Waals surface area (Å²) in [5, 5.41) is 17.6. The fourth-order valence-electron chi connectivity index (χ4n) is 5.59. The van der Waals surface area contributed by atoms with Crippen LogP contribution in [-0.4, -0.2) is 22.2 Å². The molecule has 2 N–H and O–H groups in total. The Balaban J connectivity index is 4.92. The molecule has 0 aliphatic heterocycles. The van der Waals surface area contributed by atoms with E-state index in [4.69, 9.17) is 10.2 Å². The lowest BCUT2D eigenvalue weighted by Gasteiger charge is -2.21. The van der Waals surface area contributed by atoms with Gasteiger partial charge in [0.25, 0.3) is 0 Å². The second kappa shape index (κ2) is 30.4. The molecule has 0 aliphatic rings. The van der Waals surface area contributed by atoms with Crippen molar-refractivity contribution in [3.8, 4) is 0 Å². The molecule has 0 aliphatic carbocycles. The highest BCUT2D eigenvalue weighted by Crippen LogP contribution is 2.30. The van der Waals surface area contributed by atoms with Crippen LogP contribution < -0.4 is 0 Å². The van der Waals surface area contributed by atoms with Crippen LogP contribution in [0.2, 0.25) is 0 Å². The van der Waals surface area contributed by atoms with Crippen molar-refractivity contribution >= 4 is 11.9 Å². The van der Waals surface area contributed by atoms with Gasteiger partial charge in [-0.3, -0.25) is 9.59 Å². The van der Waals surface area contributed by atoms with Crippen LogP contribution in [0.15, 0.2) is 23.8 Å². The summed E-state index contributed by atoms with van der Waals surface area (Å²) < 4.78 is 0. The van der Waals surface area contributed by atoms with Gasteiger partial charge in [0.2, 0.25) is 0 Å². The summed E-state index contributed by atoms with van der Waals surface area (Å²) in [7, 11) is 0. The average molecular weight is 563 g/mol. The number of carbonyl (C=O) groups is 2. The average Bonchev–Trinajstić information content (AvgIpc) is 2.92. The Hall–Kier alpha value is -1.58. The van der Waals surface area contributed by atoms with Crippen molar-refractivity contribution in [3.63, 3.8) is 0 Å². The fourth-order valence-corrected chi connectivity index (χ4v) is 5.59. The number of allylic oxidation sites excluding steroid dienone is 4. The molecule has 0 aromatic rings. The maximum absolute atomic E-state index is 10.7. The third-order valence-electron chi connectivity index (χ3n) is 8.12. The first-order valence-corrected chi connectivity index (χ1v) is 17.3. The molecule has 0 heterocycles. The number of unbranched alkanes of at least 4 members (excludes halogenated alkanes) is 17.